The molecule has 0 saturated heterocycles. The Bertz CT molecular complexity index is 1080. The van der Waals surface area contributed by atoms with Crippen molar-refractivity contribution in [2.24, 2.45) is 0 Å². The van der Waals surface area contributed by atoms with Gasteiger partial charge in [0.1, 0.15) is 10.9 Å². The molecule has 0 fully saturated rings. The van der Waals surface area contributed by atoms with Crippen molar-refractivity contribution in [1.82, 2.24) is 25.0 Å². The Kier molecular flexibility index (Phi) is 5.30. The summed E-state index contributed by atoms with van der Waals surface area (Å²) in [5.41, 5.74) is 0.893. The zero-order valence-corrected chi connectivity index (χ0v) is 15.7. The minimum absolute atomic E-state index is 0.300. The van der Waals surface area contributed by atoms with Gasteiger partial charge in [-0.05, 0) is 41.6 Å². The third kappa shape index (κ3) is 4.45. The quantitative estimate of drug-likeness (QED) is 0.470. The Balaban J connectivity index is 1.68. The van der Waals surface area contributed by atoms with E-state index in [1.54, 1.807) is 0 Å². The summed E-state index contributed by atoms with van der Waals surface area (Å²) in [4.78, 5) is 0. The van der Waals surface area contributed by atoms with Crippen molar-refractivity contribution >= 4 is 11.8 Å². The summed E-state index contributed by atoms with van der Waals surface area (Å²) >= 11 is 1.11. The van der Waals surface area contributed by atoms with Crippen LogP contribution in [0.1, 0.15) is 17.1 Å². The molecular formula is C20H14F3N5S. The van der Waals surface area contributed by atoms with Crippen LogP contribution in [-0.4, -0.2) is 25.0 Å². The van der Waals surface area contributed by atoms with Gasteiger partial charge >= 0.3 is 6.18 Å². The molecule has 0 aliphatic rings. The molecule has 0 saturated carbocycles. The van der Waals surface area contributed by atoms with Gasteiger partial charge in [0, 0.05) is 12.1 Å². The number of hydrogen-bond acceptors (Lipinski definition) is 5. The van der Waals surface area contributed by atoms with Crippen molar-refractivity contribution in [3.63, 3.8) is 0 Å². The number of alkyl halides is 3. The van der Waals surface area contributed by atoms with E-state index in [4.69, 9.17) is 0 Å². The van der Waals surface area contributed by atoms with Crippen LogP contribution in [0.25, 0.3) is 5.69 Å². The van der Waals surface area contributed by atoms with E-state index in [9.17, 15) is 13.2 Å². The summed E-state index contributed by atoms with van der Waals surface area (Å²) in [7, 11) is 0. The van der Waals surface area contributed by atoms with E-state index in [-0.39, 0.29) is 0 Å². The van der Waals surface area contributed by atoms with Crippen molar-refractivity contribution in [3.8, 4) is 5.69 Å². The van der Waals surface area contributed by atoms with Crippen molar-refractivity contribution in [2.75, 3.05) is 0 Å². The van der Waals surface area contributed by atoms with Crippen molar-refractivity contribution in [1.29, 1.82) is 0 Å². The van der Waals surface area contributed by atoms with Crippen LogP contribution in [0.2, 0.25) is 0 Å². The molecule has 2 aromatic carbocycles. The lowest BCUT2D eigenvalue weighted by molar-refractivity contribution is -0.141. The number of halogens is 3. The minimum Gasteiger partial charge on any atom is -0.273 e. The molecule has 0 atom stereocenters. The molecule has 5 nitrogen and oxygen atoms in total. The second-order valence-electron chi connectivity index (χ2n) is 6.09. The average molecular weight is 413 g/mol. The third-order valence-electron chi connectivity index (χ3n) is 4.05. The van der Waals surface area contributed by atoms with Crippen LogP contribution in [0.4, 0.5) is 13.2 Å². The van der Waals surface area contributed by atoms with Crippen molar-refractivity contribution in [2.45, 2.75) is 22.8 Å². The lowest BCUT2D eigenvalue weighted by Crippen LogP contribution is -2.09. The predicted molar refractivity (Wildman–Crippen MR) is 102 cm³/mol. The molecule has 0 N–H and O–H groups in total. The van der Waals surface area contributed by atoms with E-state index in [1.165, 1.54) is 6.07 Å². The second kappa shape index (κ2) is 8.04. The van der Waals surface area contributed by atoms with E-state index in [0.29, 0.717) is 22.4 Å². The second-order valence-corrected chi connectivity index (χ2v) is 7.08. The Hall–Kier alpha value is -3.20. The van der Waals surface area contributed by atoms with E-state index in [2.05, 4.69) is 20.4 Å². The number of nitrogens with zero attached hydrogens (tertiary/aromatic N) is 5. The maximum Gasteiger partial charge on any atom is 0.435 e. The number of benzene rings is 2. The highest BCUT2D eigenvalue weighted by atomic mass is 32.2. The minimum atomic E-state index is -4.52. The van der Waals surface area contributed by atoms with Gasteiger partial charge in [-0.1, -0.05) is 48.5 Å². The van der Waals surface area contributed by atoms with Gasteiger partial charge in [0.15, 0.2) is 5.69 Å². The molecule has 4 rings (SSSR count). The molecule has 2 heterocycles. The largest absolute Gasteiger partial charge is 0.435 e. The Morgan fingerprint density at radius 3 is 2.07 bits per heavy atom. The molecule has 9 heteroatoms. The highest BCUT2D eigenvalue weighted by Gasteiger charge is 2.33. The number of rotatable bonds is 5. The van der Waals surface area contributed by atoms with Gasteiger partial charge in [-0.2, -0.15) is 13.2 Å². The lowest BCUT2D eigenvalue weighted by Gasteiger charge is -2.10. The molecule has 0 amide bonds. The Morgan fingerprint density at radius 2 is 1.45 bits per heavy atom. The number of para-hydroxylation sites is 1. The summed E-state index contributed by atoms with van der Waals surface area (Å²) in [6.07, 6.45) is -3.97. The predicted octanol–water partition coefficient (Wildman–Crippen LogP) is 4.82. The molecule has 0 radical (unpaired) electrons. The summed E-state index contributed by atoms with van der Waals surface area (Å²) < 4.78 is 40.0. The van der Waals surface area contributed by atoms with Crippen LogP contribution >= 0.6 is 11.8 Å². The van der Waals surface area contributed by atoms with E-state index in [0.717, 1.165) is 29.1 Å². The van der Waals surface area contributed by atoms with Crippen LogP contribution in [-0.2, 0) is 12.6 Å². The monoisotopic (exact) mass is 413 g/mol. The standard InChI is InChI=1S/C20H14F3N5S/c21-20(22,23)16-11-12-18(26-24-16)29-19-27-25-17(13-14-7-3-1-4-8-14)28(19)15-9-5-2-6-10-15/h1-12H,13H2. The number of aromatic nitrogens is 5. The fourth-order valence-electron chi connectivity index (χ4n) is 2.71. The van der Waals surface area contributed by atoms with E-state index in [1.807, 2.05) is 65.2 Å². The topological polar surface area (TPSA) is 56.5 Å². The number of hydrogen-bond donors (Lipinski definition) is 0. The Morgan fingerprint density at radius 1 is 0.759 bits per heavy atom. The van der Waals surface area contributed by atoms with Crippen LogP contribution in [0.5, 0.6) is 0 Å². The zero-order chi connectivity index (χ0) is 20.3. The third-order valence-corrected chi connectivity index (χ3v) is 4.92. The van der Waals surface area contributed by atoms with Gasteiger partial charge < -0.3 is 0 Å². The van der Waals surface area contributed by atoms with Crippen molar-refractivity contribution in [3.05, 3.63) is 89.9 Å². The SMILES string of the molecule is FC(F)(F)c1ccc(Sc2nnc(Cc3ccccc3)n2-c2ccccc2)nn1. The highest BCUT2D eigenvalue weighted by molar-refractivity contribution is 7.99. The Labute approximate surface area is 168 Å². The summed E-state index contributed by atoms with van der Waals surface area (Å²) in [5, 5.41) is 16.3. The molecule has 146 valence electrons. The first-order valence-corrected chi connectivity index (χ1v) is 9.45. The first-order chi connectivity index (χ1) is 14.0. The lowest BCUT2D eigenvalue weighted by atomic mass is 10.1. The fraction of sp³-hybridized carbons (Fsp3) is 0.100. The van der Waals surface area contributed by atoms with Crippen LogP contribution in [0, 0.1) is 0 Å². The maximum absolute atomic E-state index is 12.7. The first kappa shape index (κ1) is 19.1. The van der Waals surface area contributed by atoms with Gasteiger partial charge in [-0.3, -0.25) is 4.57 Å². The smallest absolute Gasteiger partial charge is 0.273 e. The molecular weight excluding hydrogens is 399 g/mol. The molecule has 0 bridgehead atoms. The molecule has 0 spiro atoms. The van der Waals surface area contributed by atoms with Crippen LogP contribution < -0.4 is 0 Å². The molecule has 29 heavy (non-hydrogen) atoms. The maximum atomic E-state index is 12.7. The zero-order valence-electron chi connectivity index (χ0n) is 14.9. The summed E-state index contributed by atoms with van der Waals surface area (Å²) in [6, 6.07) is 21.6. The normalized spacial score (nSPS) is 11.6. The van der Waals surface area contributed by atoms with Gasteiger partial charge in [0.05, 0.1) is 0 Å². The molecule has 0 aliphatic carbocycles. The van der Waals surface area contributed by atoms with Gasteiger partial charge in [0.25, 0.3) is 0 Å². The van der Waals surface area contributed by atoms with E-state index >= 15 is 0 Å². The highest BCUT2D eigenvalue weighted by Crippen LogP contribution is 2.31. The molecule has 0 unspecified atom stereocenters. The first-order valence-electron chi connectivity index (χ1n) is 8.63. The van der Waals surface area contributed by atoms with E-state index < -0.39 is 11.9 Å². The van der Waals surface area contributed by atoms with Gasteiger partial charge in [-0.15, -0.1) is 20.4 Å². The molecule has 0 aliphatic heterocycles. The van der Waals surface area contributed by atoms with Crippen LogP contribution in [0.15, 0.2) is 83.0 Å². The van der Waals surface area contributed by atoms with Crippen LogP contribution in [0.3, 0.4) is 0 Å². The summed E-state index contributed by atoms with van der Waals surface area (Å²) in [6.45, 7) is 0. The molecule has 2 aromatic heterocycles. The van der Waals surface area contributed by atoms with Gasteiger partial charge in [-0.25, -0.2) is 0 Å². The van der Waals surface area contributed by atoms with Crippen molar-refractivity contribution < 1.29 is 13.2 Å². The average Bonchev–Trinajstić information content (AvgIpc) is 3.11. The van der Waals surface area contributed by atoms with Gasteiger partial charge in [0.2, 0.25) is 5.16 Å². The molecule has 4 aromatic rings. The summed E-state index contributed by atoms with van der Waals surface area (Å²) in [5.74, 6) is 0.713. The fourth-order valence-corrected chi connectivity index (χ4v) is 3.50.